The van der Waals surface area contributed by atoms with E-state index < -0.39 is 0 Å². The molecular formula is C11H21NO3. The first-order chi connectivity index (χ1) is 7.20. The molecule has 0 amide bonds. The lowest BCUT2D eigenvalue weighted by Gasteiger charge is -2.40. The minimum Gasteiger partial charge on any atom is -0.468 e. The zero-order chi connectivity index (χ0) is 11.3. The number of ether oxygens (including phenoxy) is 1. The summed E-state index contributed by atoms with van der Waals surface area (Å²) < 4.78 is 4.75. The first kappa shape index (κ1) is 12.5. The van der Waals surface area contributed by atoms with Crippen LogP contribution >= 0.6 is 0 Å². The largest absolute Gasteiger partial charge is 0.468 e. The van der Waals surface area contributed by atoms with Gasteiger partial charge >= 0.3 is 5.97 Å². The zero-order valence-electron chi connectivity index (χ0n) is 9.61. The molecule has 0 radical (unpaired) electrons. The molecule has 0 heterocycles. The second-order valence-corrected chi connectivity index (χ2v) is 4.10. The average Bonchev–Trinajstić information content (AvgIpc) is 2.19. The summed E-state index contributed by atoms with van der Waals surface area (Å²) in [5.41, 5.74) is 0. The van der Waals surface area contributed by atoms with E-state index in [1.165, 1.54) is 13.5 Å². The number of esters is 1. The van der Waals surface area contributed by atoms with Gasteiger partial charge in [0.15, 0.2) is 0 Å². The Kier molecular flexibility index (Phi) is 5.05. The zero-order valence-corrected chi connectivity index (χ0v) is 9.61. The number of aliphatic hydroxyl groups excluding tert-OH is 1. The van der Waals surface area contributed by atoms with Crippen LogP contribution in [-0.4, -0.2) is 48.3 Å². The van der Waals surface area contributed by atoms with Gasteiger partial charge in [-0.25, -0.2) is 0 Å². The van der Waals surface area contributed by atoms with Crippen molar-refractivity contribution in [1.82, 2.24) is 4.90 Å². The third-order valence-corrected chi connectivity index (χ3v) is 3.16. The van der Waals surface area contributed by atoms with E-state index >= 15 is 0 Å². The quantitative estimate of drug-likeness (QED) is 0.665. The van der Waals surface area contributed by atoms with Gasteiger partial charge in [0.1, 0.15) is 6.04 Å². The molecule has 88 valence electrons. The van der Waals surface area contributed by atoms with Gasteiger partial charge in [0.2, 0.25) is 0 Å². The van der Waals surface area contributed by atoms with Crippen molar-refractivity contribution in [1.29, 1.82) is 0 Å². The fourth-order valence-electron chi connectivity index (χ4n) is 1.97. The van der Waals surface area contributed by atoms with Gasteiger partial charge in [-0.1, -0.05) is 6.42 Å². The smallest absolute Gasteiger partial charge is 0.322 e. The summed E-state index contributed by atoms with van der Waals surface area (Å²) in [6.45, 7) is 2.83. The van der Waals surface area contributed by atoms with Crippen LogP contribution in [0.25, 0.3) is 0 Å². The number of nitrogens with zero attached hydrogens (tertiary/aromatic N) is 1. The first-order valence-corrected chi connectivity index (χ1v) is 5.65. The molecule has 1 rings (SSSR count). The van der Waals surface area contributed by atoms with Gasteiger partial charge in [-0.15, -0.1) is 0 Å². The van der Waals surface area contributed by atoms with E-state index in [0.717, 1.165) is 25.8 Å². The second kappa shape index (κ2) is 6.08. The summed E-state index contributed by atoms with van der Waals surface area (Å²) in [6, 6.07) is 0.317. The van der Waals surface area contributed by atoms with Crippen molar-refractivity contribution in [3.05, 3.63) is 0 Å². The third kappa shape index (κ3) is 3.18. The van der Waals surface area contributed by atoms with E-state index in [1.807, 2.05) is 6.92 Å². The lowest BCUT2D eigenvalue weighted by molar-refractivity contribution is -0.148. The van der Waals surface area contributed by atoms with E-state index in [9.17, 15) is 4.79 Å². The highest BCUT2D eigenvalue weighted by molar-refractivity contribution is 5.75. The Hall–Kier alpha value is -0.610. The van der Waals surface area contributed by atoms with Gasteiger partial charge in [0, 0.05) is 19.2 Å². The molecule has 1 N–H and O–H groups in total. The number of methoxy groups -OCH3 is 1. The highest BCUT2D eigenvalue weighted by atomic mass is 16.5. The molecule has 1 saturated carbocycles. The maximum absolute atomic E-state index is 11.4. The maximum Gasteiger partial charge on any atom is 0.322 e. The van der Waals surface area contributed by atoms with Gasteiger partial charge in [0.05, 0.1) is 7.11 Å². The Morgan fingerprint density at radius 2 is 2.27 bits per heavy atom. The topological polar surface area (TPSA) is 49.8 Å². The summed E-state index contributed by atoms with van der Waals surface area (Å²) in [4.78, 5) is 13.6. The lowest BCUT2D eigenvalue weighted by atomic mass is 9.90. The van der Waals surface area contributed by atoms with Gasteiger partial charge in [-0.2, -0.15) is 0 Å². The van der Waals surface area contributed by atoms with Crippen molar-refractivity contribution in [2.24, 2.45) is 0 Å². The molecule has 1 unspecified atom stereocenters. The summed E-state index contributed by atoms with van der Waals surface area (Å²) in [6.07, 6.45) is 4.28. The average molecular weight is 215 g/mol. The maximum atomic E-state index is 11.4. The molecule has 1 atom stereocenters. The van der Waals surface area contributed by atoms with Crippen molar-refractivity contribution in [3.63, 3.8) is 0 Å². The van der Waals surface area contributed by atoms with E-state index in [4.69, 9.17) is 9.84 Å². The second-order valence-electron chi connectivity index (χ2n) is 4.10. The number of rotatable bonds is 6. The predicted octanol–water partition coefficient (Wildman–Crippen LogP) is 0.785. The van der Waals surface area contributed by atoms with E-state index in [-0.39, 0.29) is 18.6 Å². The van der Waals surface area contributed by atoms with Crippen molar-refractivity contribution in [3.8, 4) is 0 Å². The fourth-order valence-corrected chi connectivity index (χ4v) is 1.97. The Labute approximate surface area is 91.2 Å². The highest BCUT2D eigenvalue weighted by Gasteiger charge is 2.31. The van der Waals surface area contributed by atoms with Crippen LogP contribution in [-0.2, 0) is 9.53 Å². The number of hydrogen-bond acceptors (Lipinski definition) is 4. The van der Waals surface area contributed by atoms with Crippen molar-refractivity contribution in [2.75, 3.05) is 20.3 Å². The van der Waals surface area contributed by atoms with Crippen LogP contribution in [0.4, 0.5) is 0 Å². The van der Waals surface area contributed by atoms with Crippen LogP contribution in [0.15, 0.2) is 0 Å². The van der Waals surface area contributed by atoms with Gasteiger partial charge in [0.25, 0.3) is 0 Å². The molecule has 1 fully saturated rings. The number of hydrogen-bond donors (Lipinski definition) is 1. The van der Waals surface area contributed by atoms with Crippen molar-refractivity contribution >= 4 is 5.97 Å². The van der Waals surface area contributed by atoms with E-state index in [2.05, 4.69) is 4.90 Å². The third-order valence-electron chi connectivity index (χ3n) is 3.16. The van der Waals surface area contributed by atoms with Crippen LogP contribution in [0.2, 0.25) is 0 Å². The van der Waals surface area contributed by atoms with Crippen molar-refractivity contribution < 1.29 is 14.6 Å². The van der Waals surface area contributed by atoms with Gasteiger partial charge in [-0.05, 0) is 26.2 Å². The van der Waals surface area contributed by atoms with Crippen LogP contribution in [0.1, 0.15) is 32.6 Å². The predicted molar refractivity (Wildman–Crippen MR) is 57.5 cm³/mol. The number of carbonyl (C=O) groups is 1. The Balaban J connectivity index is 2.49. The Morgan fingerprint density at radius 3 is 2.67 bits per heavy atom. The highest BCUT2D eigenvalue weighted by Crippen LogP contribution is 2.26. The molecule has 0 aliphatic heterocycles. The molecule has 0 aromatic rings. The normalized spacial score (nSPS) is 18.7. The standard InChI is InChI=1S/C11H21NO3/c1-9(11(14)15-2)12(7-4-8-13)10-5-3-6-10/h9-10,13H,3-8H2,1-2H3. The minimum atomic E-state index is -0.188. The van der Waals surface area contributed by atoms with Crippen molar-refractivity contribution in [2.45, 2.75) is 44.7 Å². The lowest BCUT2D eigenvalue weighted by Crippen LogP contribution is -2.49. The molecule has 0 spiro atoms. The minimum absolute atomic E-state index is 0.178. The molecule has 0 bridgehead atoms. The molecule has 4 nitrogen and oxygen atoms in total. The fraction of sp³-hybridized carbons (Fsp3) is 0.909. The van der Waals surface area contributed by atoms with Gasteiger partial charge in [-0.3, -0.25) is 9.69 Å². The van der Waals surface area contributed by atoms with Crippen LogP contribution in [0, 0.1) is 0 Å². The number of carbonyl (C=O) groups excluding carboxylic acids is 1. The molecule has 1 aliphatic rings. The molecule has 0 aromatic carbocycles. The number of aliphatic hydroxyl groups is 1. The molecule has 1 aliphatic carbocycles. The van der Waals surface area contributed by atoms with Gasteiger partial charge < -0.3 is 9.84 Å². The van der Waals surface area contributed by atoms with Crippen LogP contribution in [0.5, 0.6) is 0 Å². The van der Waals surface area contributed by atoms with E-state index in [1.54, 1.807) is 0 Å². The molecule has 0 saturated heterocycles. The monoisotopic (exact) mass is 215 g/mol. The molecule has 0 aromatic heterocycles. The van der Waals surface area contributed by atoms with Crippen LogP contribution < -0.4 is 0 Å². The summed E-state index contributed by atoms with van der Waals surface area (Å²) in [5.74, 6) is -0.181. The first-order valence-electron chi connectivity index (χ1n) is 5.65. The summed E-state index contributed by atoms with van der Waals surface area (Å²) >= 11 is 0. The van der Waals surface area contributed by atoms with E-state index in [0.29, 0.717) is 6.04 Å². The summed E-state index contributed by atoms with van der Waals surface area (Å²) in [5, 5.41) is 8.82. The molecule has 15 heavy (non-hydrogen) atoms. The molecule has 4 heteroatoms. The molecular weight excluding hydrogens is 194 g/mol. The Bertz CT molecular complexity index is 204. The summed E-state index contributed by atoms with van der Waals surface area (Å²) in [7, 11) is 1.42. The Morgan fingerprint density at radius 1 is 1.60 bits per heavy atom. The van der Waals surface area contributed by atoms with Crippen LogP contribution in [0.3, 0.4) is 0 Å². The SMILES string of the molecule is COC(=O)C(C)N(CCCO)C1CCC1.